The van der Waals surface area contributed by atoms with Crippen LogP contribution in [0.2, 0.25) is 0 Å². The monoisotopic (exact) mass is 367 g/mol. The Labute approximate surface area is 156 Å². The molecule has 1 aliphatic rings. The number of nitrogens with zero attached hydrogens (tertiary/aromatic N) is 2. The van der Waals surface area contributed by atoms with Crippen molar-refractivity contribution in [2.45, 2.75) is 19.4 Å². The van der Waals surface area contributed by atoms with Crippen LogP contribution in [0.25, 0.3) is 10.6 Å². The Bertz CT molecular complexity index is 871. The highest BCUT2D eigenvalue weighted by atomic mass is 32.1. The van der Waals surface area contributed by atoms with E-state index in [1.165, 1.54) is 16.9 Å². The summed E-state index contributed by atoms with van der Waals surface area (Å²) >= 11 is 1.47. The molecule has 1 fully saturated rings. The van der Waals surface area contributed by atoms with Gasteiger partial charge in [0.15, 0.2) is 0 Å². The molecular weight excluding hydrogens is 346 g/mol. The topological polar surface area (TPSA) is 58.4 Å². The lowest BCUT2D eigenvalue weighted by Crippen LogP contribution is -2.48. The summed E-state index contributed by atoms with van der Waals surface area (Å²) in [6.45, 7) is 4.38. The van der Waals surface area contributed by atoms with E-state index in [2.05, 4.69) is 41.5 Å². The average molecular weight is 367 g/mol. The van der Waals surface area contributed by atoms with E-state index in [9.17, 15) is 4.79 Å². The van der Waals surface area contributed by atoms with Crippen molar-refractivity contribution in [3.63, 3.8) is 0 Å². The van der Waals surface area contributed by atoms with E-state index in [0.29, 0.717) is 12.2 Å². The largest absolute Gasteiger partial charge is 0.472 e. The molecule has 0 bridgehead atoms. The lowest BCUT2D eigenvalue weighted by molar-refractivity contribution is 0.0629. The van der Waals surface area contributed by atoms with Gasteiger partial charge in [0.25, 0.3) is 5.91 Å². The predicted molar refractivity (Wildman–Crippen MR) is 102 cm³/mol. The fourth-order valence-corrected chi connectivity index (χ4v) is 4.04. The fraction of sp³-hybridized carbons (Fsp3) is 0.300. The van der Waals surface area contributed by atoms with Crippen molar-refractivity contribution in [1.29, 1.82) is 0 Å². The number of furan rings is 1. The molecule has 1 N–H and O–H groups in total. The van der Waals surface area contributed by atoms with Crippen LogP contribution >= 0.6 is 11.3 Å². The van der Waals surface area contributed by atoms with Crippen molar-refractivity contribution >= 4 is 17.2 Å². The van der Waals surface area contributed by atoms with Crippen LogP contribution in [-0.2, 0) is 6.42 Å². The van der Waals surface area contributed by atoms with Crippen LogP contribution in [0.5, 0.6) is 0 Å². The van der Waals surface area contributed by atoms with Crippen molar-refractivity contribution in [3.8, 4) is 10.6 Å². The maximum absolute atomic E-state index is 13.1. The number of nitrogens with one attached hydrogen (secondary N) is 1. The van der Waals surface area contributed by atoms with Gasteiger partial charge in [-0.25, -0.2) is 4.98 Å². The Morgan fingerprint density at radius 1 is 1.35 bits per heavy atom. The van der Waals surface area contributed by atoms with Gasteiger partial charge in [-0.15, -0.1) is 11.3 Å². The molecule has 0 saturated carbocycles. The number of hydrogen-bond donors (Lipinski definition) is 1. The standard InChI is InChI=1S/C20H21N3O2S/c1-2-14-3-5-15(6-4-14)18-11-21-8-9-23(18)20(24)17-13-26-19(22-17)16-7-10-25-12-16/h3-7,10,12-13,18,21H,2,8-9,11H2,1H3. The third kappa shape index (κ3) is 3.30. The maximum Gasteiger partial charge on any atom is 0.273 e. The summed E-state index contributed by atoms with van der Waals surface area (Å²) in [4.78, 5) is 19.6. The van der Waals surface area contributed by atoms with Crippen molar-refractivity contribution < 1.29 is 9.21 Å². The number of aromatic nitrogens is 1. The lowest BCUT2D eigenvalue weighted by Gasteiger charge is -2.36. The molecule has 134 valence electrons. The molecule has 2 aromatic heterocycles. The first-order valence-corrected chi connectivity index (χ1v) is 9.73. The number of rotatable bonds is 4. The Morgan fingerprint density at radius 3 is 2.92 bits per heavy atom. The zero-order valence-electron chi connectivity index (χ0n) is 14.6. The molecule has 4 rings (SSSR count). The van der Waals surface area contributed by atoms with Gasteiger partial charge in [0.2, 0.25) is 0 Å². The van der Waals surface area contributed by atoms with Crippen LogP contribution in [0, 0.1) is 0 Å². The summed E-state index contributed by atoms with van der Waals surface area (Å²) in [7, 11) is 0. The molecule has 6 heteroatoms. The van der Waals surface area contributed by atoms with E-state index in [0.717, 1.165) is 35.6 Å². The third-order valence-electron chi connectivity index (χ3n) is 4.77. The smallest absolute Gasteiger partial charge is 0.273 e. The molecule has 1 saturated heterocycles. The zero-order valence-corrected chi connectivity index (χ0v) is 15.5. The molecule has 3 heterocycles. The van der Waals surface area contributed by atoms with Crippen LogP contribution < -0.4 is 5.32 Å². The van der Waals surface area contributed by atoms with Crippen molar-refractivity contribution in [2.24, 2.45) is 0 Å². The summed E-state index contributed by atoms with van der Waals surface area (Å²) in [6, 6.07) is 10.4. The van der Waals surface area contributed by atoms with Gasteiger partial charge in [0, 0.05) is 30.6 Å². The minimum atomic E-state index is -0.0120. The molecule has 1 aromatic carbocycles. The highest BCUT2D eigenvalue weighted by Gasteiger charge is 2.30. The molecule has 26 heavy (non-hydrogen) atoms. The van der Waals surface area contributed by atoms with Crippen molar-refractivity contribution in [1.82, 2.24) is 15.2 Å². The predicted octanol–water partition coefficient (Wildman–Crippen LogP) is 3.75. The molecule has 0 aliphatic carbocycles. The van der Waals surface area contributed by atoms with Crippen LogP contribution in [0.15, 0.2) is 52.7 Å². The summed E-state index contributed by atoms with van der Waals surface area (Å²) in [5.41, 5.74) is 3.87. The molecule has 0 radical (unpaired) electrons. The number of benzene rings is 1. The van der Waals surface area contributed by atoms with Crippen LogP contribution in [0.3, 0.4) is 0 Å². The molecule has 3 aromatic rings. The minimum absolute atomic E-state index is 0.0120. The Hall–Kier alpha value is -2.44. The molecule has 1 unspecified atom stereocenters. The summed E-state index contributed by atoms with van der Waals surface area (Å²) in [5.74, 6) is -0.0120. The first kappa shape index (κ1) is 17.0. The second kappa shape index (κ2) is 7.43. The Morgan fingerprint density at radius 2 is 2.19 bits per heavy atom. The van der Waals surface area contributed by atoms with Gasteiger partial charge in [-0.05, 0) is 23.6 Å². The number of carbonyl (C=O) groups excluding carboxylic acids is 1. The molecule has 5 nitrogen and oxygen atoms in total. The zero-order chi connectivity index (χ0) is 17.9. The summed E-state index contributed by atoms with van der Waals surface area (Å²) in [5, 5.41) is 6.05. The molecule has 1 aliphatic heterocycles. The average Bonchev–Trinajstić information content (AvgIpc) is 3.39. The highest BCUT2D eigenvalue weighted by Crippen LogP contribution is 2.28. The first-order chi connectivity index (χ1) is 12.8. The fourth-order valence-electron chi connectivity index (χ4n) is 3.26. The molecular formula is C20H21N3O2S. The van der Waals surface area contributed by atoms with Crippen molar-refractivity contribution in [3.05, 3.63) is 65.1 Å². The SMILES string of the molecule is CCc1ccc(C2CNCCN2C(=O)c2csc(-c3ccoc3)n2)cc1. The second-order valence-corrected chi connectivity index (χ2v) is 7.22. The maximum atomic E-state index is 13.1. The minimum Gasteiger partial charge on any atom is -0.472 e. The van der Waals surface area contributed by atoms with Crippen LogP contribution in [0.1, 0.15) is 34.6 Å². The van der Waals surface area contributed by atoms with Crippen LogP contribution in [0.4, 0.5) is 0 Å². The summed E-state index contributed by atoms with van der Waals surface area (Å²) < 4.78 is 5.11. The Kier molecular flexibility index (Phi) is 4.86. The number of amides is 1. The van der Waals surface area contributed by atoms with Gasteiger partial charge >= 0.3 is 0 Å². The number of aryl methyl sites for hydroxylation is 1. The Balaban J connectivity index is 1.58. The van der Waals surface area contributed by atoms with Gasteiger partial charge in [-0.2, -0.15) is 0 Å². The van der Waals surface area contributed by atoms with Gasteiger partial charge in [0.1, 0.15) is 17.0 Å². The van der Waals surface area contributed by atoms with Crippen LogP contribution in [-0.4, -0.2) is 35.4 Å². The molecule has 1 amide bonds. The second-order valence-electron chi connectivity index (χ2n) is 6.36. The van der Waals surface area contributed by atoms with E-state index >= 15 is 0 Å². The van der Waals surface area contributed by atoms with E-state index in [4.69, 9.17) is 4.42 Å². The first-order valence-electron chi connectivity index (χ1n) is 8.85. The van der Waals surface area contributed by atoms with E-state index in [1.807, 2.05) is 16.3 Å². The molecule has 1 atom stereocenters. The number of hydrogen-bond acceptors (Lipinski definition) is 5. The lowest BCUT2D eigenvalue weighted by atomic mass is 10.0. The van der Waals surface area contributed by atoms with Gasteiger partial charge in [-0.3, -0.25) is 4.79 Å². The number of carbonyl (C=O) groups is 1. The van der Waals surface area contributed by atoms with Gasteiger partial charge in [0.05, 0.1) is 12.3 Å². The highest BCUT2D eigenvalue weighted by molar-refractivity contribution is 7.13. The van der Waals surface area contributed by atoms with Gasteiger partial charge in [-0.1, -0.05) is 31.2 Å². The third-order valence-corrected chi connectivity index (χ3v) is 5.66. The number of piperazine rings is 1. The summed E-state index contributed by atoms with van der Waals surface area (Å²) in [6.07, 6.45) is 4.28. The number of thiazole rings is 1. The van der Waals surface area contributed by atoms with Crippen molar-refractivity contribution in [2.75, 3.05) is 19.6 Å². The van der Waals surface area contributed by atoms with E-state index in [1.54, 1.807) is 12.5 Å². The van der Waals surface area contributed by atoms with Gasteiger partial charge < -0.3 is 14.6 Å². The van der Waals surface area contributed by atoms with E-state index < -0.39 is 0 Å². The normalized spacial score (nSPS) is 17.4. The molecule has 0 spiro atoms. The van der Waals surface area contributed by atoms with E-state index in [-0.39, 0.29) is 11.9 Å². The quantitative estimate of drug-likeness (QED) is 0.763.